The van der Waals surface area contributed by atoms with Gasteiger partial charge < -0.3 is 9.72 Å². The van der Waals surface area contributed by atoms with Gasteiger partial charge in [0.2, 0.25) is 0 Å². The highest BCUT2D eigenvalue weighted by atomic mass is 19.3. The van der Waals surface area contributed by atoms with Crippen molar-refractivity contribution in [3.8, 4) is 0 Å². The molecule has 0 spiro atoms. The number of aromatic nitrogens is 4. The Morgan fingerprint density at radius 1 is 1.24 bits per heavy atom. The smallest absolute Gasteiger partial charge is 0.284 e. The second-order valence-electron chi connectivity index (χ2n) is 7.25. The van der Waals surface area contributed by atoms with E-state index in [0.717, 1.165) is 32.1 Å². The fourth-order valence-corrected chi connectivity index (χ4v) is 3.50. The molecule has 1 aliphatic carbocycles. The summed E-state index contributed by atoms with van der Waals surface area (Å²) in [5, 5.41) is 6.62. The van der Waals surface area contributed by atoms with Gasteiger partial charge in [-0.25, -0.2) is 13.8 Å². The van der Waals surface area contributed by atoms with Crippen molar-refractivity contribution in [1.29, 1.82) is 0 Å². The van der Waals surface area contributed by atoms with Crippen LogP contribution in [-0.4, -0.2) is 25.1 Å². The van der Waals surface area contributed by atoms with Gasteiger partial charge in [0.25, 0.3) is 12.3 Å². The van der Waals surface area contributed by atoms with Gasteiger partial charge in [0.1, 0.15) is 6.33 Å². The first-order valence-electron chi connectivity index (χ1n) is 10.1. The van der Waals surface area contributed by atoms with Crippen LogP contribution in [0.3, 0.4) is 0 Å². The Morgan fingerprint density at radius 2 is 1.97 bits per heavy atom. The number of hydrogen-bond donors (Lipinski definition) is 1. The molecule has 1 fully saturated rings. The van der Waals surface area contributed by atoms with Crippen LogP contribution in [0.1, 0.15) is 81.0 Å². The average molecular weight is 403 g/mol. The minimum Gasteiger partial charge on any atom is -0.317 e. The first-order valence-corrected chi connectivity index (χ1v) is 10.1. The summed E-state index contributed by atoms with van der Waals surface area (Å²) in [4.78, 5) is 16.7. The average Bonchev–Trinajstić information content (AvgIpc) is 3.34. The van der Waals surface area contributed by atoms with E-state index >= 15 is 0 Å². The van der Waals surface area contributed by atoms with Gasteiger partial charge in [-0.1, -0.05) is 45.6 Å². The summed E-state index contributed by atoms with van der Waals surface area (Å²) in [6.45, 7) is 4.25. The number of imidazole rings is 1. The lowest BCUT2D eigenvalue weighted by Crippen LogP contribution is -2.14. The maximum absolute atomic E-state index is 13.4. The van der Waals surface area contributed by atoms with Crippen LogP contribution in [0.4, 0.5) is 14.5 Å². The highest BCUT2D eigenvalue weighted by Crippen LogP contribution is 2.32. The van der Waals surface area contributed by atoms with Crippen LogP contribution in [0.15, 0.2) is 36.9 Å². The highest BCUT2D eigenvalue weighted by Gasteiger charge is 2.25. The molecule has 1 saturated carbocycles. The number of rotatable bonds is 4. The van der Waals surface area contributed by atoms with Crippen LogP contribution in [0, 0.1) is 0 Å². The van der Waals surface area contributed by atoms with E-state index in [1.165, 1.54) is 18.9 Å². The van der Waals surface area contributed by atoms with Gasteiger partial charge in [-0.3, -0.25) is 9.48 Å². The Bertz CT molecular complexity index is 944. The molecule has 6 nitrogen and oxygen atoms in total. The van der Waals surface area contributed by atoms with Crippen molar-refractivity contribution in [3.63, 3.8) is 0 Å². The molecule has 0 aliphatic heterocycles. The number of alkyl halides is 2. The number of pyridine rings is 1. The van der Waals surface area contributed by atoms with Crippen LogP contribution >= 0.6 is 0 Å². The van der Waals surface area contributed by atoms with Crippen LogP contribution in [0.5, 0.6) is 0 Å². The minimum absolute atomic E-state index is 0.0488. The maximum atomic E-state index is 13.4. The van der Waals surface area contributed by atoms with E-state index in [-0.39, 0.29) is 17.4 Å². The molecule has 1 amide bonds. The predicted octanol–water partition coefficient (Wildman–Crippen LogP) is 5.64. The summed E-state index contributed by atoms with van der Waals surface area (Å²) in [7, 11) is 0. The topological polar surface area (TPSA) is 64.2 Å². The molecule has 0 bridgehead atoms. The van der Waals surface area contributed by atoms with Crippen LogP contribution in [0.2, 0.25) is 0 Å². The zero-order valence-electron chi connectivity index (χ0n) is 16.8. The van der Waals surface area contributed by atoms with Gasteiger partial charge >= 0.3 is 0 Å². The van der Waals surface area contributed by atoms with Crippen LogP contribution < -0.4 is 5.32 Å². The summed E-state index contributed by atoms with van der Waals surface area (Å²) in [6.07, 6.45) is 8.44. The van der Waals surface area contributed by atoms with Gasteiger partial charge in [-0.2, -0.15) is 5.10 Å². The number of halogens is 2. The zero-order chi connectivity index (χ0) is 20.8. The quantitative estimate of drug-likeness (QED) is 0.613. The Labute approximate surface area is 168 Å². The molecule has 8 heteroatoms. The Hall–Kier alpha value is -2.77. The third-order valence-corrected chi connectivity index (χ3v) is 4.82. The summed E-state index contributed by atoms with van der Waals surface area (Å²) < 4.78 is 30.1. The van der Waals surface area contributed by atoms with Crippen molar-refractivity contribution in [2.24, 2.45) is 0 Å². The molecule has 0 saturated heterocycles. The van der Waals surface area contributed by atoms with Gasteiger partial charge in [-0.15, -0.1) is 0 Å². The Balaban J connectivity index is 0.000000755. The largest absolute Gasteiger partial charge is 0.317 e. The standard InChI is InChI=1S/C18H19F2N5O.C3H8/c19-17(20)15-13(10-25(23-15)12-6-2-1-3-7-12)22-18(26)16-14-8-4-5-9-24(14)11-21-16;1-3-2/h4-5,8-12,17H,1-3,6-7H2,(H,22,26);3H2,1-2H3. The molecule has 3 aromatic rings. The van der Waals surface area contributed by atoms with Crippen molar-refractivity contribution in [3.05, 3.63) is 48.3 Å². The second-order valence-corrected chi connectivity index (χ2v) is 7.25. The SMILES string of the molecule is CCC.O=C(Nc1cn(C2CCCCC2)nc1C(F)F)c1ncn2ccccc12. The Morgan fingerprint density at radius 3 is 2.66 bits per heavy atom. The summed E-state index contributed by atoms with van der Waals surface area (Å²) in [5.74, 6) is -0.524. The van der Waals surface area contributed by atoms with Crippen LogP contribution in [-0.2, 0) is 0 Å². The molecule has 1 aliphatic rings. The number of anilines is 1. The van der Waals surface area contributed by atoms with Crippen molar-refractivity contribution < 1.29 is 13.6 Å². The lowest BCUT2D eigenvalue weighted by molar-refractivity contribution is 0.102. The summed E-state index contributed by atoms with van der Waals surface area (Å²) >= 11 is 0. The van der Waals surface area contributed by atoms with E-state index in [9.17, 15) is 13.6 Å². The normalized spacial score (nSPS) is 14.7. The fraction of sp³-hybridized carbons (Fsp3) is 0.476. The third-order valence-electron chi connectivity index (χ3n) is 4.82. The summed E-state index contributed by atoms with van der Waals surface area (Å²) in [6, 6.07) is 5.47. The zero-order valence-corrected chi connectivity index (χ0v) is 16.8. The van der Waals surface area contributed by atoms with Crippen molar-refractivity contribution in [2.45, 2.75) is 64.8 Å². The number of carbonyl (C=O) groups is 1. The highest BCUT2D eigenvalue weighted by molar-refractivity contribution is 6.07. The van der Waals surface area contributed by atoms with Gasteiger partial charge in [0, 0.05) is 12.4 Å². The maximum Gasteiger partial charge on any atom is 0.284 e. The molecule has 0 aromatic carbocycles. The molecule has 3 heterocycles. The molecule has 0 radical (unpaired) electrons. The molecule has 1 N–H and O–H groups in total. The third kappa shape index (κ3) is 4.81. The van der Waals surface area contributed by atoms with Gasteiger partial charge in [-0.05, 0) is 25.0 Å². The first-order chi connectivity index (χ1) is 14.0. The van der Waals surface area contributed by atoms with E-state index in [1.807, 2.05) is 6.07 Å². The number of hydrogen-bond acceptors (Lipinski definition) is 3. The van der Waals surface area contributed by atoms with Crippen molar-refractivity contribution in [1.82, 2.24) is 19.2 Å². The monoisotopic (exact) mass is 403 g/mol. The van der Waals surface area contributed by atoms with Crippen molar-refractivity contribution >= 4 is 17.1 Å². The lowest BCUT2D eigenvalue weighted by Gasteiger charge is -2.21. The second kappa shape index (κ2) is 9.62. The lowest BCUT2D eigenvalue weighted by atomic mass is 9.96. The molecule has 156 valence electrons. The van der Waals surface area contributed by atoms with Crippen molar-refractivity contribution in [2.75, 3.05) is 5.32 Å². The van der Waals surface area contributed by atoms with E-state index in [2.05, 4.69) is 29.2 Å². The number of fused-ring (bicyclic) bond motifs is 1. The number of nitrogens with zero attached hydrogens (tertiary/aromatic N) is 4. The predicted molar refractivity (Wildman–Crippen MR) is 108 cm³/mol. The first kappa shape index (κ1) is 21.0. The van der Waals surface area contributed by atoms with E-state index in [0.29, 0.717) is 5.52 Å². The van der Waals surface area contributed by atoms with E-state index in [1.54, 1.807) is 27.4 Å². The molecular formula is C21H27F2N5O. The van der Waals surface area contributed by atoms with Crippen LogP contribution in [0.25, 0.3) is 5.52 Å². The number of nitrogens with one attached hydrogen (secondary N) is 1. The molecule has 4 rings (SSSR count). The minimum atomic E-state index is -2.76. The molecule has 0 unspecified atom stereocenters. The molecular weight excluding hydrogens is 376 g/mol. The molecule has 0 atom stereocenters. The summed E-state index contributed by atoms with van der Waals surface area (Å²) in [5.41, 5.74) is 0.458. The molecule has 3 aromatic heterocycles. The van der Waals surface area contributed by atoms with Gasteiger partial charge in [0.05, 0.1) is 17.2 Å². The van der Waals surface area contributed by atoms with E-state index in [4.69, 9.17) is 0 Å². The van der Waals surface area contributed by atoms with E-state index < -0.39 is 18.0 Å². The fourth-order valence-electron chi connectivity index (χ4n) is 3.50. The molecule has 29 heavy (non-hydrogen) atoms. The number of carbonyl (C=O) groups excluding carboxylic acids is 1. The van der Waals surface area contributed by atoms with Gasteiger partial charge in [0.15, 0.2) is 11.4 Å². The number of amides is 1. The Kier molecular flexibility index (Phi) is 6.95.